The van der Waals surface area contributed by atoms with Gasteiger partial charge in [0.1, 0.15) is 0 Å². The number of carbonyl (C=O) groups is 1. The van der Waals surface area contributed by atoms with Gasteiger partial charge in [0.15, 0.2) is 0 Å². The SMILES string of the molecule is C/C(=N\OC(=O)CC1CCCCC1)c1ccccc1. The maximum atomic E-state index is 11.7. The molecule has 1 aromatic rings. The minimum Gasteiger partial charge on any atom is -0.318 e. The van der Waals surface area contributed by atoms with E-state index in [-0.39, 0.29) is 5.97 Å². The van der Waals surface area contributed by atoms with Crippen LogP contribution in [-0.4, -0.2) is 11.7 Å². The zero-order valence-corrected chi connectivity index (χ0v) is 11.5. The monoisotopic (exact) mass is 259 g/mol. The van der Waals surface area contributed by atoms with Crippen LogP contribution in [0.25, 0.3) is 0 Å². The highest BCUT2D eigenvalue weighted by Gasteiger charge is 2.18. The molecule has 0 bridgehead atoms. The van der Waals surface area contributed by atoms with Crippen molar-refractivity contribution in [1.82, 2.24) is 0 Å². The van der Waals surface area contributed by atoms with Crippen molar-refractivity contribution in [3.63, 3.8) is 0 Å². The number of nitrogens with zero attached hydrogens (tertiary/aromatic N) is 1. The largest absolute Gasteiger partial charge is 0.335 e. The van der Waals surface area contributed by atoms with Crippen molar-refractivity contribution >= 4 is 11.7 Å². The van der Waals surface area contributed by atoms with E-state index in [9.17, 15) is 4.79 Å². The summed E-state index contributed by atoms with van der Waals surface area (Å²) in [7, 11) is 0. The van der Waals surface area contributed by atoms with Gasteiger partial charge in [-0.15, -0.1) is 0 Å². The lowest BCUT2D eigenvalue weighted by atomic mass is 9.87. The first kappa shape index (κ1) is 13.8. The summed E-state index contributed by atoms with van der Waals surface area (Å²) in [5, 5.41) is 3.93. The zero-order valence-electron chi connectivity index (χ0n) is 11.5. The second-order valence-corrected chi connectivity index (χ2v) is 5.21. The average Bonchev–Trinajstić information content (AvgIpc) is 2.47. The maximum absolute atomic E-state index is 11.7. The lowest BCUT2D eigenvalue weighted by Gasteiger charge is -2.19. The van der Waals surface area contributed by atoms with E-state index in [0.717, 1.165) is 24.1 Å². The number of rotatable bonds is 4. The molecule has 1 aromatic carbocycles. The Kier molecular flexibility index (Phi) is 5.13. The van der Waals surface area contributed by atoms with Crippen molar-refractivity contribution in [2.75, 3.05) is 0 Å². The molecule has 2 rings (SSSR count). The third kappa shape index (κ3) is 4.51. The van der Waals surface area contributed by atoms with Gasteiger partial charge >= 0.3 is 5.97 Å². The van der Waals surface area contributed by atoms with Crippen LogP contribution in [0.1, 0.15) is 51.0 Å². The number of hydrogen-bond acceptors (Lipinski definition) is 3. The second-order valence-electron chi connectivity index (χ2n) is 5.21. The average molecular weight is 259 g/mol. The molecule has 0 aliphatic heterocycles. The molecule has 0 saturated heterocycles. The van der Waals surface area contributed by atoms with Crippen LogP contribution in [0.3, 0.4) is 0 Å². The minimum absolute atomic E-state index is 0.206. The topological polar surface area (TPSA) is 38.7 Å². The number of hydrogen-bond donors (Lipinski definition) is 0. The Bertz CT molecular complexity index is 433. The first-order chi connectivity index (χ1) is 9.25. The van der Waals surface area contributed by atoms with Crippen molar-refractivity contribution in [2.45, 2.75) is 45.4 Å². The van der Waals surface area contributed by atoms with Crippen molar-refractivity contribution in [2.24, 2.45) is 11.1 Å². The van der Waals surface area contributed by atoms with Crippen LogP contribution in [-0.2, 0) is 9.63 Å². The van der Waals surface area contributed by atoms with Gasteiger partial charge in [0.25, 0.3) is 0 Å². The molecule has 19 heavy (non-hydrogen) atoms. The molecular weight excluding hydrogens is 238 g/mol. The van der Waals surface area contributed by atoms with Crippen LogP contribution in [0, 0.1) is 5.92 Å². The molecule has 0 aromatic heterocycles. The Morgan fingerprint density at radius 1 is 1.21 bits per heavy atom. The fraction of sp³-hybridized carbons (Fsp3) is 0.500. The van der Waals surface area contributed by atoms with Gasteiger partial charge in [0.05, 0.1) is 12.1 Å². The second kappa shape index (κ2) is 7.07. The Morgan fingerprint density at radius 2 is 1.89 bits per heavy atom. The van der Waals surface area contributed by atoms with Crippen LogP contribution in [0.2, 0.25) is 0 Å². The summed E-state index contributed by atoms with van der Waals surface area (Å²) in [4.78, 5) is 16.7. The van der Waals surface area contributed by atoms with Gasteiger partial charge in [-0.25, -0.2) is 4.79 Å². The molecule has 0 spiro atoms. The Labute approximate surface area is 114 Å². The van der Waals surface area contributed by atoms with Gasteiger partial charge in [-0.3, -0.25) is 0 Å². The molecule has 3 heteroatoms. The summed E-state index contributed by atoms with van der Waals surface area (Å²) in [6, 6.07) is 9.74. The third-order valence-corrected chi connectivity index (χ3v) is 3.66. The molecule has 1 aliphatic rings. The van der Waals surface area contributed by atoms with Crippen molar-refractivity contribution < 1.29 is 9.63 Å². The van der Waals surface area contributed by atoms with Gasteiger partial charge in [-0.05, 0) is 31.2 Å². The van der Waals surface area contributed by atoms with Crippen LogP contribution >= 0.6 is 0 Å². The molecule has 0 radical (unpaired) electrons. The molecule has 1 aliphatic carbocycles. The van der Waals surface area contributed by atoms with Gasteiger partial charge in [0, 0.05) is 0 Å². The molecule has 3 nitrogen and oxygen atoms in total. The quantitative estimate of drug-likeness (QED) is 0.467. The van der Waals surface area contributed by atoms with Crippen LogP contribution in [0.5, 0.6) is 0 Å². The molecule has 0 unspecified atom stereocenters. The Hall–Kier alpha value is -1.64. The molecule has 0 atom stereocenters. The Balaban J connectivity index is 1.82. The van der Waals surface area contributed by atoms with Crippen molar-refractivity contribution in [3.8, 4) is 0 Å². The minimum atomic E-state index is -0.206. The smallest absolute Gasteiger partial charge is 0.318 e. The zero-order chi connectivity index (χ0) is 13.5. The predicted molar refractivity (Wildman–Crippen MR) is 75.9 cm³/mol. The van der Waals surface area contributed by atoms with Crippen LogP contribution in [0.4, 0.5) is 0 Å². The lowest BCUT2D eigenvalue weighted by molar-refractivity contribution is -0.145. The van der Waals surface area contributed by atoms with E-state index in [1.165, 1.54) is 19.3 Å². The van der Waals surface area contributed by atoms with E-state index < -0.39 is 0 Å². The maximum Gasteiger partial charge on any atom is 0.335 e. The number of oxime groups is 1. The standard InChI is InChI=1S/C16H21NO2/c1-13(15-10-6-3-7-11-15)17-19-16(18)12-14-8-4-2-5-9-14/h3,6-7,10-11,14H,2,4-5,8-9,12H2,1H3/b17-13+. The van der Waals surface area contributed by atoms with E-state index >= 15 is 0 Å². The summed E-state index contributed by atoms with van der Waals surface area (Å²) < 4.78 is 0. The van der Waals surface area contributed by atoms with Crippen LogP contribution in [0.15, 0.2) is 35.5 Å². The van der Waals surface area contributed by atoms with Crippen molar-refractivity contribution in [1.29, 1.82) is 0 Å². The normalized spacial score (nSPS) is 17.2. The summed E-state index contributed by atoms with van der Waals surface area (Å²) in [5.41, 5.74) is 1.71. The molecule has 1 fully saturated rings. The summed E-state index contributed by atoms with van der Waals surface area (Å²) in [6.45, 7) is 1.85. The fourth-order valence-corrected chi connectivity index (χ4v) is 2.52. The lowest BCUT2D eigenvalue weighted by Crippen LogP contribution is -2.13. The number of benzene rings is 1. The molecule has 0 heterocycles. The van der Waals surface area contributed by atoms with Crippen LogP contribution < -0.4 is 0 Å². The van der Waals surface area contributed by atoms with E-state index in [4.69, 9.17) is 4.84 Å². The van der Waals surface area contributed by atoms with Crippen molar-refractivity contribution in [3.05, 3.63) is 35.9 Å². The highest BCUT2D eigenvalue weighted by atomic mass is 16.7. The van der Waals surface area contributed by atoms with Gasteiger partial charge in [-0.2, -0.15) is 0 Å². The highest BCUT2D eigenvalue weighted by molar-refractivity contribution is 5.98. The summed E-state index contributed by atoms with van der Waals surface area (Å²) in [5.74, 6) is 0.288. The third-order valence-electron chi connectivity index (χ3n) is 3.66. The molecule has 102 valence electrons. The van der Waals surface area contributed by atoms with E-state index in [1.54, 1.807) is 0 Å². The predicted octanol–water partition coefficient (Wildman–Crippen LogP) is 3.92. The molecular formula is C16H21NO2. The molecule has 0 N–H and O–H groups in total. The molecule has 1 saturated carbocycles. The van der Waals surface area contributed by atoms with E-state index in [1.807, 2.05) is 37.3 Å². The summed E-state index contributed by atoms with van der Waals surface area (Å²) in [6.07, 6.45) is 6.59. The fourth-order valence-electron chi connectivity index (χ4n) is 2.52. The first-order valence-electron chi connectivity index (χ1n) is 7.05. The van der Waals surface area contributed by atoms with Gasteiger partial charge in [0.2, 0.25) is 0 Å². The Morgan fingerprint density at radius 3 is 2.58 bits per heavy atom. The van der Waals surface area contributed by atoms with Gasteiger partial charge in [-0.1, -0.05) is 54.8 Å². The molecule has 0 amide bonds. The summed E-state index contributed by atoms with van der Waals surface area (Å²) >= 11 is 0. The van der Waals surface area contributed by atoms with E-state index in [0.29, 0.717) is 12.3 Å². The van der Waals surface area contributed by atoms with E-state index in [2.05, 4.69) is 5.16 Å². The highest BCUT2D eigenvalue weighted by Crippen LogP contribution is 2.26. The first-order valence-corrected chi connectivity index (χ1v) is 7.05. The van der Waals surface area contributed by atoms with Gasteiger partial charge < -0.3 is 4.84 Å². The number of carbonyl (C=O) groups excluding carboxylic acids is 1.